The molecule has 33 heavy (non-hydrogen) atoms. The molecular weight excluding hydrogens is 420 g/mol. The minimum Gasteiger partial charge on any atom is -0.494 e. The number of aryl methyl sites for hydroxylation is 3. The molecule has 4 rings (SSSR count). The first-order valence-corrected chi connectivity index (χ1v) is 11.5. The van der Waals surface area contributed by atoms with E-state index in [-0.39, 0.29) is 11.5 Å². The van der Waals surface area contributed by atoms with Crippen molar-refractivity contribution < 1.29 is 13.9 Å². The van der Waals surface area contributed by atoms with Gasteiger partial charge in [-0.15, -0.1) is 0 Å². The maximum atomic E-state index is 13.0. The van der Waals surface area contributed by atoms with Gasteiger partial charge in [0.05, 0.1) is 12.1 Å². The molecule has 0 aliphatic rings. The van der Waals surface area contributed by atoms with Gasteiger partial charge in [-0.1, -0.05) is 26.0 Å². The molecule has 0 saturated heterocycles. The van der Waals surface area contributed by atoms with Gasteiger partial charge in [-0.25, -0.2) is 4.68 Å². The van der Waals surface area contributed by atoms with Gasteiger partial charge < -0.3 is 14.5 Å². The van der Waals surface area contributed by atoms with E-state index in [0.29, 0.717) is 50.1 Å². The molecule has 0 atom stereocenters. The second kappa shape index (κ2) is 9.94. The van der Waals surface area contributed by atoms with E-state index < -0.39 is 0 Å². The normalized spacial score (nSPS) is 11.4. The molecule has 0 unspecified atom stereocenters. The maximum absolute atomic E-state index is 13.0. The lowest BCUT2D eigenvalue weighted by molar-refractivity contribution is -0.121. The molecule has 8 nitrogen and oxygen atoms in total. The Balaban J connectivity index is 1.35. The Morgan fingerprint density at radius 1 is 1.15 bits per heavy atom. The number of carbonyl (C=O) groups excluding carboxylic acids is 1. The van der Waals surface area contributed by atoms with Crippen LogP contribution in [0.1, 0.15) is 50.3 Å². The summed E-state index contributed by atoms with van der Waals surface area (Å²) >= 11 is 0. The van der Waals surface area contributed by atoms with E-state index in [1.54, 1.807) is 6.07 Å². The van der Waals surface area contributed by atoms with Crippen molar-refractivity contribution in [1.29, 1.82) is 0 Å². The van der Waals surface area contributed by atoms with Crippen molar-refractivity contribution in [3.8, 4) is 5.75 Å². The molecule has 3 heterocycles. The van der Waals surface area contributed by atoms with Crippen molar-refractivity contribution >= 4 is 22.5 Å². The third-order valence-electron chi connectivity index (χ3n) is 5.54. The van der Waals surface area contributed by atoms with Crippen LogP contribution in [-0.4, -0.2) is 26.7 Å². The minimum absolute atomic E-state index is 0.0539. The number of carbonyl (C=O) groups is 1. The van der Waals surface area contributed by atoms with Crippen LogP contribution in [0.15, 0.2) is 45.6 Å². The van der Waals surface area contributed by atoms with Crippen LogP contribution in [0.5, 0.6) is 5.75 Å². The number of amides is 1. The van der Waals surface area contributed by atoms with E-state index in [2.05, 4.69) is 17.3 Å². The molecule has 1 aromatic carbocycles. The van der Waals surface area contributed by atoms with Crippen molar-refractivity contribution in [3.63, 3.8) is 0 Å². The highest BCUT2D eigenvalue weighted by Gasteiger charge is 2.16. The molecule has 1 amide bonds. The lowest BCUT2D eigenvalue weighted by Gasteiger charge is -2.10. The minimum atomic E-state index is -0.179. The monoisotopic (exact) mass is 450 g/mol. The molecule has 0 aliphatic heterocycles. The van der Waals surface area contributed by atoms with Crippen LogP contribution >= 0.6 is 0 Å². The van der Waals surface area contributed by atoms with Gasteiger partial charge >= 0.3 is 0 Å². The highest BCUT2D eigenvalue weighted by Crippen LogP contribution is 2.23. The first-order valence-electron chi connectivity index (χ1n) is 11.5. The second-order valence-corrected chi connectivity index (χ2v) is 8.14. The van der Waals surface area contributed by atoms with Crippen molar-refractivity contribution in [2.24, 2.45) is 0 Å². The van der Waals surface area contributed by atoms with Crippen molar-refractivity contribution in [2.75, 3.05) is 6.61 Å². The van der Waals surface area contributed by atoms with E-state index in [1.807, 2.05) is 48.6 Å². The Hall–Kier alpha value is -3.55. The number of benzene rings is 1. The number of ether oxygens (including phenoxy) is 1. The molecule has 3 aromatic heterocycles. The fourth-order valence-electron chi connectivity index (χ4n) is 3.89. The molecule has 1 N–H and O–H groups in total. The molecule has 174 valence electrons. The lowest BCUT2D eigenvalue weighted by Crippen LogP contribution is -2.28. The highest BCUT2D eigenvalue weighted by atomic mass is 16.5. The van der Waals surface area contributed by atoms with Crippen LogP contribution in [0.4, 0.5) is 0 Å². The zero-order valence-electron chi connectivity index (χ0n) is 19.4. The Labute approximate surface area is 192 Å². The molecule has 0 aliphatic carbocycles. The number of nitrogens with zero attached hydrogens (tertiary/aromatic N) is 3. The van der Waals surface area contributed by atoms with Crippen LogP contribution < -0.4 is 15.6 Å². The van der Waals surface area contributed by atoms with Crippen LogP contribution in [0.2, 0.25) is 0 Å². The summed E-state index contributed by atoms with van der Waals surface area (Å²) in [5.41, 5.74) is 2.92. The van der Waals surface area contributed by atoms with Gasteiger partial charge in [-0.3, -0.25) is 14.0 Å². The maximum Gasteiger partial charge on any atom is 0.291 e. The van der Waals surface area contributed by atoms with Gasteiger partial charge in [0.15, 0.2) is 5.58 Å². The summed E-state index contributed by atoms with van der Waals surface area (Å²) in [6, 6.07) is 11.4. The van der Waals surface area contributed by atoms with Crippen molar-refractivity contribution in [1.82, 2.24) is 19.5 Å². The number of hydrogen-bond donors (Lipinski definition) is 1. The first-order chi connectivity index (χ1) is 16.0. The summed E-state index contributed by atoms with van der Waals surface area (Å²) in [5, 5.41) is 7.48. The number of nitrogens with one attached hydrogen (secondary N) is 1. The van der Waals surface area contributed by atoms with Crippen LogP contribution in [0, 0.1) is 6.92 Å². The number of rotatable bonds is 10. The largest absolute Gasteiger partial charge is 0.494 e. The van der Waals surface area contributed by atoms with Crippen LogP contribution in [0.25, 0.3) is 16.6 Å². The van der Waals surface area contributed by atoms with E-state index in [1.165, 1.54) is 4.68 Å². The Kier molecular flexibility index (Phi) is 6.82. The molecule has 4 aromatic rings. The van der Waals surface area contributed by atoms with Crippen LogP contribution in [0.3, 0.4) is 0 Å². The Morgan fingerprint density at radius 2 is 1.94 bits per heavy atom. The van der Waals surface area contributed by atoms with Crippen LogP contribution in [-0.2, 0) is 24.3 Å². The van der Waals surface area contributed by atoms with Gasteiger partial charge in [0.2, 0.25) is 5.91 Å². The topological polar surface area (TPSA) is 90.8 Å². The van der Waals surface area contributed by atoms with E-state index in [0.717, 1.165) is 34.8 Å². The third kappa shape index (κ3) is 4.94. The van der Waals surface area contributed by atoms with Gasteiger partial charge in [-0.2, -0.15) is 5.10 Å². The summed E-state index contributed by atoms with van der Waals surface area (Å²) in [7, 11) is 0. The molecule has 8 heteroatoms. The third-order valence-corrected chi connectivity index (χ3v) is 5.54. The van der Waals surface area contributed by atoms with Gasteiger partial charge in [0.25, 0.3) is 5.56 Å². The molecular formula is C25H30N4O4. The Morgan fingerprint density at radius 3 is 2.67 bits per heavy atom. The predicted octanol–water partition coefficient (Wildman–Crippen LogP) is 4.00. The molecule has 0 spiro atoms. The van der Waals surface area contributed by atoms with E-state index >= 15 is 0 Å². The summed E-state index contributed by atoms with van der Waals surface area (Å²) in [5.74, 6) is 2.37. The van der Waals surface area contributed by atoms with E-state index in [9.17, 15) is 9.59 Å². The van der Waals surface area contributed by atoms with Gasteiger partial charge in [0.1, 0.15) is 22.9 Å². The summed E-state index contributed by atoms with van der Waals surface area (Å²) in [6.45, 7) is 7.49. The molecule has 0 radical (unpaired) electrons. The van der Waals surface area contributed by atoms with Gasteiger partial charge in [-0.05, 0) is 37.5 Å². The predicted molar refractivity (Wildman–Crippen MR) is 127 cm³/mol. The highest BCUT2D eigenvalue weighted by molar-refractivity contribution is 5.83. The fourth-order valence-corrected chi connectivity index (χ4v) is 3.89. The molecule has 0 bridgehead atoms. The number of fused-ring (bicyclic) bond motifs is 3. The quantitative estimate of drug-likeness (QED) is 0.394. The zero-order chi connectivity index (χ0) is 23.4. The lowest BCUT2D eigenvalue weighted by atomic mass is 10.2. The number of furan rings is 1. The number of hydrogen-bond acceptors (Lipinski definition) is 5. The first kappa shape index (κ1) is 22.6. The Bertz CT molecular complexity index is 1310. The summed E-state index contributed by atoms with van der Waals surface area (Å²) in [6.07, 6.45) is 2.48. The standard InChI is InChI=1S/C25H30N4O4/c1-4-13-32-19-10-8-18(9-11-19)16-26-24(30)7-6-12-28-25(31)21-15-22-20(14-17(3)33-22)29(21)23(5-2)27-28/h8-11,14-15H,4-7,12-13,16H2,1-3H3,(H,26,30). The molecule has 0 fully saturated rings. The average Bonchev–Trinajstić information content (AvgIpc) is 3.35. The second-order valence-electron chi connectivity index (χ2n) is 8.14. The van der Waals surface area contributed by atoms with Gasteiger partial charge in [0, 0.05) is 38.1 Å². The summed E-state index contributed by atoms with van der Waals surface area (Å²) < 4.78 is 14.6. The summed E-state index contributed by atoms with van der Waals surface area (Å²) in [4.78, 5) is 25.2. The fraction of sp³-hybridized carbons (Fsp3) is 0.400. The SMILES string of the molecule is CCCOc1ccc(CNC(=O)CCCn2nc(CC)n3c(cc4oc(C)cc43)c2=O)cc1. The smallest absolute Gasteiger partial charge is 0.291 e. The van der Waals surface area contributed by atoms with Crippen molar-refractivity contribution in [3.05, 3.63) is 63.9 Å². The van der Waals surface area contributed by atoms with Crippen molar-refractivity contribution in [2.45, 2.75) is 59.5 Å². The zero-order valence-corrected chi connectivity index (χ0v) is 19.4. The van der Waals surface area contributed by atoms with E-state index in [4.69, 9.17) is 9.15 Å². The molecule has 0 saturated carbocycles. The average molecular weight is 451 g/mol. The number of aromatic nitrogens is 3.